The molecule has 1 aliphatic carbocycles. The van der Waals surface area contributed by atoms with Crippen LogP contribution >= 0.6 is 0 Å². The van der Waals surface area contributed by atoms with E-state index in [2.05, 4.69) is 43.2 Å². The van der Waals surface area contributed by atoms with E-state index >= 15 is 0 Å². The van der Waals surface area contributed by atoms with Crippen LogP contribution in [0.4, 0.5) is 21.9 Å². The van der Waals surface area contributed by atoms with Crippen LogP contribution in [0.3, 0.4) is 0 Å². The molecular formula is C35H49N3O8. The third-order valence-electron chi connectivity index (χ3n) is 7.68. The lowest BCUT2D eigenvalue weighted by atomic mass is 9.92. The van der Waals surface area contributed by atoms with Crippen LogP contribution < -0.4 is 15.5 Å². The number of carbonyl (C=O) groups is 3. The Morgan fingerprint density at radius 1 is 0.935 bits per heavy atom. The lowest BCUT2D eigenvalue weighted by Gasteiger charge is -2.31. The Morgan fingerprint density at radius 2 is 1.59 bits per heavy atom. The third-order valence-corrected chi connectivity index (χ3v) is 7.68. The summed E-state index contributed by atoms with van der Waals surface area (Å²) in [6.07, 6.45) is -2.55. The molecule has 0 aromatic heterocycles. The molecular weight excluding hydrogens is 590 g/mol. The number of benzene rings is 2. The summed E-state index contributed by atoms with van der Waals surface area (Å²) >= 11 is 0. The molecule has 252 valence electrons. The van der Waals surface area contributed by atoms with Gasteiger partial charge in [-0.25, -0.2) is 9.59 Å². The predicted molar refractivity (Wildman–Crippen MR) is 178 cm³/mol. The molecule has 46 heavy (non-hydrogen) atoms. The Balaban J connectivity index is 1.74. The molecule has 0 bridgehead atoms. The van der Waals surface area contributed by atoms with Crippen LogP contribution in [-0.4, -0.2) is 71.5 Å². The molecule has 2 amide bonds. The highest BCUT2D eigenvalue weighted by Crippen LogP contribution is 2.34. The van der Waals surface area contributed by atoms with E-state index in [9.17, 15) is 29.7 Å². The van der Waals surface area contributed by atoms with Crippen molar-refractivity contribution < 1.29 is 39.2 Å². The largest absolute Gasteiger partial charge is 0.428 e. The number of carbonyl (C=O) groups excluding carboxylic acids is 3. The van der Waals surface area contributed by atoms with Crippen molar-refractivity contribution in [3.8, 4) is 0 Å². The fourth-order valence-corrected chi connectivity index (χ4v) is 5.35. The van der Waals surface area contributed by atoms with Gasteiger partial charge in [0.15, 0.2) is 0 Å². The van der Waals surface area contributed by atoms with E-state index in [0.717, 1.165) is 36.0 Å². The van der Waals surface area contributed by atoms with Crippen molar-refractivity contribution in [2.24, 2.45) is 11.8 Å². The number of aliphatic hydroxyl groups is 3. The van der Waals surface area contributed by atoms with Crippen LogP contribution in [-0.2, 0) is 19.1 Å². The quantitative estimate of drug-likeness (QED) is 0.140. The zero-order valence-electron chi connectivity index (χ0n) is 27.7. The van der Waals surface area contributed by atoms with E-state index in [1.165, 1.54) is 0 Å². The Morgan fingerprint density at radius 3 is 2.17 bits per heavy atom. The number of urea groups is 1. The van der Waals surface area contributed by atoms with Gasteiger partial charge >= 0.3 is 18.0 Å². The van der Waals surface area contributed by atoms with Gasteiger partial charge in [-0.15, -0.1) is 0 Å². The van der Waals surface area contributed by atoms with Gasteiger partial charge in [-0.2, -0.15) is 0 Å². The zero-order chi connectivity index (χ0) is 34.0. The molecule has 4 atom stereocenters. The number of ether oxygens (including phenoxy) is 2. The fraction of sp³-hybridized carbons (Fsp3) is 0.514. The second-order valence-corrected chi connectivity index (χ2v) is 12.7. The lowest BCUT2D eigenvalue weighted by Crippen LogP contribution is -2.41. The summed E-state index contributed by atoms with van der Waals surface area (Å²) in [5.41, 5.74) is 4.09. The zero-order valence-corrected chi connectivity index (χ0v) is 27.7. The number of aryl methyl sites for hydroxylation is 1. The molecule has 0 unspecified atom stereocenters. The van der Waals surface area contributed by atoms with E-state index in [0.29, 0.717) is 29.6 Å². The van der Waals surface area contributed by atoms with E-state index < -0.39 is 37.0 Å². The van der Waals surface area contributed by atoms with Gasteiger partial charge in [0, 0.05) is 30.8 Å². The van der Waals surface area contributed by atoms with Crippen molar-refractivity contribution in [1.82, 2.24) is 0 Å². The second-order valence-electron chi connectivity index (χ2n) is 12.7. The van der Waals surface area contributed by atoms with Crippen LogP contribution in [0.5, 0.6) is 0 Å². The van der Waals surface area contributed by atoms with E-state index in [-0.39, 0.29) is 30.4 Å². The number of amides is 2. The fourth-order valence-electron chi connectivity index (χ4n) is 5.35. The summed E-state index contributed by atoms with van der Waals surface area (Å²) in [5.74, 6) is -0.904. The Hall–Kier alpha value is -3.93. The summed E-state index contributed by atoms with van der Waals surface area (Å²) in [6, 6.07) is 13.0. The molecule has 2 aromatic carbocycles. The van der Waals surface area contributed by atoms with Gasteiger partial charge in [-0.1, -0.05) is 58.4 Å². The average molecular weight is 640 g/mol. The third kappa shape index (κ3) is 10.9. The van der Waals surface area contributed by atoms with Crippen LogP contribution in [0.2, 0.25) is 0 Å². The van der Waals surface area contributed by atoms with Gasteiger partial charge < -0.3 is 40.3 Å². The number of nitrogens with zero attached hydrogens (tertiary/aromatic N) is 1. The van der Waals surface area contributed by atoms with Crippen molar-refractivity contribution in [2.45, 2.75) is 85.0 Å². The number of anilines is 3. The summed E-state index contributed by atoms with van der Waals surface area (Å²) in [6.45, 7) is 13.5. The molecule has 0 aliphatic heterocycles. The van der Waals surface area contributed by atoms with E-state index in [1.807, 2.05) is 56.3 Å². The normalized spacial score (nSPS) is 18.5. The topological polar surface area (TPSA) is 158 Å². The molecule has 0 fully saturated rings. The maximum atomic E-state index is 13.2. The van der Waals surface area contributed by atoms with Crippen LogP contribution in [0.15, 0.2) is 54.1 Å². The Bertz CT molecular complexity index is 1350. The van der Waals surface area contributed by atoms with Gasteiger partial charge in [0.2, 0.25) is 6.79 Å². The Labute approximate surface area is 271 Å². The average Bonchev–Trinajstić information content (AvgIpc) is 2.98. The molecule has 0 saturated heterocycles. The van der Waals surface area contributed by atoms with Gasteiger partial charge in [-0.3, -0.25) is 4.79 Å². The predicted octanol–water partition coefficient (Wildman–Crippen LogP) is 5.10. The monoisotopic (exact) mass is 639 g/mol. The molecule has 0 heterocycles. The minimum Gasteiger partial charge on any atom is -0.428 e. The first-order valence-electron chi connectivity index (χ1n) is 15.9. The molecule has 0 saturated carbocycles. The molecule has 11 nitrogen and oxygen atoms in total. The van der Waals surface area contributed by atoms with Crippen LogP contribution in [0.1, 0.15) is 70.9 Å². The smallest absolute Gasteiger partial charge is 0.336 e. The molecule has 0 radical (unpaired) electrons. The SMILES string of the molecule is CC[C@@H](CC(=O)OCOC(=O)C1=C[C@H](O)[C@@H](O)[C@@H](O)C1)c1ccc(N(CC(C)C)CC(C)C)c(NC(=O)Nc2ccc(C)cc2)c1. The summed E-state index contributed by atoms with van der Waals surface area (Å²) in [7, 11) is 0. The molecule has 11 heteroatoms. The first-order valence-corrected chi connectivity index (χ1v) is 15.9. The van der Waals surface area contributed by atoms with Crippen molar-refractivity contribution in [3.63, 3.8) is 0 Å². The highest BCUT2D eigenvalue weighted by Gasteiger charge is 2.32. The van der Waals surface area contributed by atoms with Gasteiger partial charge in [0.05, 0.1) is 23.9 Å². The maximum absolute atomic E-state index is 13.2. The minimum absolute atomic E-state index is 0.0103. The number of esters is 2. The second kappa shape index (κ2) is 17.1. The molecule has 1 aliphatic rings. The molecule has 0 spiro atoms. The van der Waals surface area contributed by atoms with E-state index in [4.69, 9.17) is 9.47 Å². The minimum atomic E-state index is -1.40. The Kier molecular flexibility index (Phi) is 13.6. The van der Waals surface area contributed by atoms with Crippen molar-refractivity contribution in [2.75, 3.05) is 35.4 Å². The molecule has 2 aromatic rings. The van der Waals surface area contributed by atoms with Gasteiger partial charge in [-0.05, 0) is 67.0 Å². The van der Waals surface area contributed by atoms with Crippen molar-refractivity contribution in [1.29, 1.82) is 0 Å². The van der Waals surface area contributed by atoms with Gasteiger partial charge in [0.1, 0.15) is 12.2 Å². The highest BCUT2D eigenvalue weighted by molar-refractivity contribution is 6.02. The maximum Gasteiger partial charge on any atom is 0.336 e. The summed E-state index contributed by atoms with van der Waals surface area (Å²) in [4.78, 5) is 40.5. The van der Waals surface area contributed by atoms with Gasteiger partial charge in [0.25, 0.3) is 0 Å². The number of rotatable bonds is 14. The number of aliphatic hydroxyl groups excluding tert-OH is 3. The first kappa shape index (κ1) is 36.5. The molecule has 5 N–H and O–H groups in total. The van der Waals surface area contributed by atoms with E-state index in [1.54, 1.807) is 0 Å². The first-order chi connectivity index (χ1) is 21.8. The van der Waals surface area contributed by atoms with Crippen LogP contribution in [0, 0.1) is 18.8 Å². The summed E-state index contributed by atoms with van der Waals surface area (Å²) < 4.78 is 10.2. The van der Waals surface area contributed by atoms with Crippen LogP contribution in [0.25, 0.3) is 0 Å². The van der Waals surface area contributed by atoms with Crippen molar-refractivity contribution in [3.05, 3.63) is 65.2 Å². The standard InChI is InChI=1S/C35H49N3O8/c1-7-24(17-32(41)45-20-46-34(43)26-15-30(39)33(42)31(40)16-26)25-10-13-29(38(18-21(2)3)19-22(4)5)28(14-25)37-35(44)36-27-11-8-23(6)9-12-27/h8-15,21-22,24,30-31,33,39-40,42H,7,16-20H2,1-6H3,(H2,36,37,44)/t24-,30-,31-,33+/m0/s1. The highest BCUT2D eigenvalue weighted by atomic mass is 16.7. The molecule has 3 rings (SSSR count). The number of nitrogens with one attached hydrogen (secondary N) is 2. The lowest BCUT2D eigenvalue weighted by molar-refractivity contribution is -0.165. The summed E-state index contributed by atoms with van der Waals surface area (Å²) in [5, 5.41) is 35.2. The number of hydrogen-bond donors (Lipinski definition) is 5. The van der Waals surface area contributed by atoms with Crippen molar-refractivity contribution >= 4 is 35.0 Å². The number of hydrogen-bond acceptors (Lipinski definition) is 9.